The number of aromatic nitrogens is 6. The molecule has 1 aliphatic rings. The Balaban J connectivity index is 1.57. The molecule has 0 amide bonds. The smallest absolute Gasteiger partial charge is 0.279 e. The van der Waals surface area contributed by atoms with Gasteiger partial charge in [0.25, 0.3) is 5.56 Å². The molecule has 0 spiro atoms. The van der Waals surface area contributed by atoms with Crippen molar-refractivity contribution in [3.63, 3.8) is 0 Å². The van der Waals surface area contributed by atoms with Crippen LogP contribution < -0.4 is 10.3 Å². The fraction of sp³-hybridized carbons (Fsp3) is 0.464. The first kappa shape index (κ1) is 28.8. The van der Waals surface area contributed by atoms with Gasteiger partial charge in [0.05, 0.1) is 36.3 Å². The molecule has 13 heteroatoms. The van der Waals surface area contributed by atoms with Crippen LogP contribution in [0, 0.1) is 0 Å². The third kappa shape index (κ3) is 6.02. The van der Waals surface area contributed by atoms with Gasteiger partial charge < -0.3 is 14.6 Å². The summed E-state index contributed by atoms with van der Waals surface area (Å²) in [5.74, 6) is 0.373. The van der Waals surface area contributed by atoms with E-state index in [1.807, 2.05) is 32.0 Å². The number of rotatable bonds is 11. The van der Waals surface area contributed by atoms with Gasteiger partial charge >= 0.3 is 0 Å². The van der Waals surface area contributed by atoms with Crippen molar-refractivity contribution in [2.45, 2.75) is 51.5 Å². The molecule has 4 aromatic rings. The van der Waals surface area contributed by atoms with Gasteiger partial charge in [0.15, 0.2) is 5.52 Å². The van der Waals surface area contributed by atoms with Gasteiger partial charge in [0.1, 0.15) is 16.2 Å². The second-order valence-corrected chi connectivity index (χ2v) is 11.9. The van der Waals surface area contributed by atoms with E-state index in [0.717, 1.165) is 30.8 Å². The fourth-order valence-corrected chi connectivity index (χ4v) is 6.50. The van der Waals surface area contributed by atoms with Gasteiger partial charge in [0, 0.05) is 32.4 Å². The Morgan fingerprint density at radius 2 is 1.83 bits per heavy atom. The van der Waals surface area contributed by atoms with E-state index in [-0.39, 0.29) is 22.1 Å². The Hall–Kier alpha value is -3.68. The normalized spacial score (nSPS) is 15.0. The van der Waals surface area contributed by atoms with Gasteiger partial charge in [-0.15, -0.1) is 0 Å². The summed E-state index contributed by atoms with van der Waals surface area (Å²) in [4.78, 5) is 31.9. The van der Waals surface area contributed by atoms with E-state index in [9.17, 15) is 13.2 Å². The van der Waals surface area contributed by atoms with Crippen LogP contribution in [0.25, 0.3) is 22.4 Å². The van der Waals surface area contributed by atoms with Crippen molar-refractivity contribution in [1.29, 1.82) is 0 Å². The van der Waals surface area contributed by atoms with Crippen molar-refractivity contribution >= 4 is 21.1 Å². The molecule has 1 fully saturated rings. The maximum Gasteiger partial charge on any atom is 0.279 e. The number of sulfonamides is 1. The van der Waals surface area contributed by atoms with Gasteiger partial charge in [-0.2, -0.15) is 9.40 Å². The zero-order valence-electron chi connectivity index (χ0n) is 23.7. The highest BCUT2D eigenvalue weighted by Crippen LogP contribution is 2.30. The molecular formula is C28H36N8O4S. The maximum atomic E-state index is 13.6. The lowest BCUT2D eigenvalue weighted by Crippen LogP contribution is -2.48. The number of piperazine rings is 1. The first-order chi connectivity index (χ1) is 19.8. The molecule has 1 aliphatic heterocycles. The Bertz CT molecular complexity index is 1660. The Morgan fingerprint density at radius 3 is 2.51 bits per heavy atom. The number of ether oxygens (including phenoxy) is 1. The number of nitrogens with zero attached hydrogens (tertiary/aromatic N) is 7. The largest absolute Gasteiger partial charge is 0.477 e. The van der Waals surface area contributed by atoms with Crippen LogP contribution in [0.2, 0.25) is 0 Å². The summed E-state index contributed by atoms with van der Waals surface area (Å²) in [5.41, 5.74) is 2.17. The van der Waals surface area contributed by atoms with E-state index >= 15 is 0 Å². The molecule has 1 N–H and O–H groups in total. The predicted molar refractivity (Wildman–Crippen MR) is 155 cm³/mol. The summed E-state index contributed by atoms with van der Waals surface area (Å²) in [7, 11) is -3.82. The average molecular weight is 581 g/mol. The molecule has 12 nitrogen and oxygen atoms in total. The lowest BCUT2D eigenvalue weighted by atomic mass is 10.2. The number of pyridine rings is 2. The van der Waals surface area contributed by atoms with Gasteiger partial charge in [0.2, 0.25) is 15.9 Å². The summed E-state index contributed by atoms with van der Waals surface area (Å²) in [5, 5.41) is 4.57. The van der Waals surface area contributed by atoms with Crippen molar-refractivity contribution in [2.24, 2.45) is 0 Å². The molecule has 0 saturated carbocycles. The van der Waals surface area contributed by atoms with Crippen molar-refractivity contribution in [3.8, 4) is 17.3 Å². The Labute approximate surface area is 239 Å². The molecule has 0 aromatic carbocycles. The third-order valence-corrected chi connectivity index (χ3v) is 8.96. The molecule has 0 aliphatic carbocycles. The molecule has 218 valence electrons. The zero-order valence-corrected chi connectivity index (χ0v) is 24.5. The molecule has 0 atom stereocenters. The second kappa shape index (κ2) is 12.5. The topological polar surface area (TPSA) is 139 Å². The van der Waals surface area contributed by atoms with Crippen molar-refractivity contribution in [1.82, 2.24) is 38.9 Å². The van der Waals surface area contributed by atoms with E-state index < -0.39 is 15.6 Å². The Kier molecular flexibility index (Phi) is 8.76. The average Bonchev–Trinajstić information content (AvgIpc) is 3.32. The van der Waals surface area contributed by atoms with Crippen LogP contribution in [0.15, 0.2) is 46.3 Å². The Morgan fingerprint density at radius 1 is 1.02 bits per heavy atom. The zero-order chi connectivity index (χ0) is 29.0. The molecule has 0 unspecified atom stereocenters. The number of hydrogen-bond donors (Lipinski definition) is 1. The van der Waals surface area contributed by atoms with Gasteiger partial charge in [-0.05, 0) is 44.5 Å². The van der Waals surface area contributed by atoms with Crippen LogP contribution in [-0.4, -0.2) is 86.7 Å². The molecule has 5 rings (SSSR count). The number of hydrogen-bond acceptors (Lipinski definition) is 9. The van der Waals surface area contributed by atoms with Crippen molar-refractivity contribution < 1.29 is 13.2 Å². The van der Waals surface area contributed by atoms with Crippen LogP contribution in [0.5, 0.6) is 5.88 Å². The predicted octanol–water partition coefficient (Wildman–Crippen LogP) is 2.69. The number of aromatic amines is 1. The van der Waals surface area contributed by atoms with E-state index in [1.165, 1.54) is 16.6 Å². The SMILES string of the molecule is CCCc1c2nc(-c3cc(S(=O)(=O)N4CCN(CCC)CC4)cnc3OCC)[nH]c(=O)c2nn1Cc1ccccn1. The number of fused-ring (bicyclic) bond motifs is 1. The lowest BCUT2D eigenvalue weighted by molar-refractivity contribution is 0.188. The van der Waals surface area contributed by atoms with E-state index in [0.29, 0.717) is 56.8 Å². The molecule has 0 bridgehead atoms. The maximum absolute atomic E-state index is 13.6. The summed E-state index contributed by atoms with van der Waals surface area (Å²) in [6.45, 7) is 9.79. The van der Waals surface area contributed by atoms with Crippen LogP contribution in [-0.2, 0) is 23.0 Å². The molecule has 5 heterocycles. The first-order valence-corrected chi connectivity index (χ1v) is 15.5. The third-order valence-electron chi connectivity index (χ3n) is 7.10. The number of H-pyrrole nitrogens is 1. The monoisotopic (exact) mass is 580 g/mol. The van der Waals surface area contributed by atoms with Gasteiger partial charge in [-0.3, -0.25) is 14.5 Å². The van der Waals surface area contributed by atoms with Crippen LogP contribution in [0.4, 0.5) is 0 Å². The highest BCUT2D eigenvalue weighted by Gasteiger charge is 2.30. The summed E-state index contributed by atoms with van der Waals surface area (Å²) in [6, 6.07) is 7.15. The molecular weight excluding hydrogens is 544 g/mol. The van der Waals surface area contributed by atoms with Gasteiger partial charge in [-0.1, -0.05) is 26.3 Å². The minimum atomic E-state index is -3.82. The summed E-state index contributed by atoms with van der Waals surface area (Å²) in [6.07, 6.45) is 5.52. The lowest BCUT2D eigenvalue weighted by Gasteiger charge is -2.33. The fourth-order valence-electron chi connectivity index (χ4n) is 5.11. The molecule has 41 heavy (non-hydrogen) atoms. The molecule has 1 saturated heterocycles. The van der Waals surface area contributed by atoms with Crippen molar-refractivity contribution in [2.75, 3.05) is 39.3 Å². The summed E-state index contributed by atoms with van der Waals surface area (Å²) >= 11 is 0. The molecule has 0 radical (unpaired) electrons. The van der Waals surface area contributed by atoms with E-state index in [1.54, 1.807) is 10.9 Å². The number of aryl methyl sites for hydroxylation is 1. The second-order valence-electron chi connectivity index (χ2n) is 9.99. The quantitative estimate of drug-likeness (QED) is 0.284. The van der Waals surface area contributed by atoms with Crippen molar-refractivity contribution in [3.05, 3.63) is 58.4 Å². The minimum absolute atomic E-state index is 0.0299. The minimum Gasteiger partial charge on any atom is -0.477 e. The highest BCUT2D eigenvalue weighted by atomic mass is 32.2. The van der Waals surface area contributed by atoms with E-state index in [4.69, 9.17) is 9.72 Å². The highest BCUT2D eigenvalue weighted by molar-refractivity contribution is 7.89. The van der Waals surface area contributed by atoms with Gasteiger partial charge in [-0.25, -0.2) is 18.4 Å². The van der Waals surface area contributed by atoms with Crippen LogP contribution >= 0.6 is 0 Å². The molecule has 4 aromatic heterocycles. The van der Waals surface area contributed by atoms with Crippen LogP contribution in [0.1, 0.15) is 45.0 Å². The standard InChI is InChI=1S/C28H36N8O4S/c1-4-9-23-24-25(33-36(23)19-20-10-7-8-11-29-20)27(37)32-26(31-24)22-17-21(18-30-28(22)40-6-3)41(38,39)35-15-13-34(12-5-2)14-16-35/h7-8,10-11,17-18H,4-6,9,12-16,19H2,1-3H3,(H,31,32,37). The van der Waals surface area contributed by atoms with Crippen LogP contribution in [0.3, 0.4) is 0 Å². The van der Waals surface area contributed by atoms with E-state index in [2.05, 4.69) is 31.9 Å². The first-order valence-electron chi connectivity index (χ1n) is 14.1. The summed E-state index contributed by atoms with van der Waals surface area (Å²) < 4.78 is 36.2. The number of nitrogens with one attached hydrogen (secondary N) is 1.